The average Bonchev–Trinajstić information content (AvgIpc) is 3.30. The summed E-state index contributed by atoms with van der Waals surface area (Å²) in [5.41, 5.74) is 10.3. The summed E-state index contributed by atoms with van der Waals surface area (Å²) >= 11 is 0. The van der Waals surface area contributed by atoms with Crippen molar-refractivity contribution in [3.8, 4) is 17.6 Å². The molecule has 0 saturated heterocycles. The van der Waals surface area contributed by atoms with Crippen molar-refractivity contribution < 1.29 is 4.74 Å². The standard InChI is InChI=1S/C19H17N7O/c20-8-14-15(11-4-6-13(7-5-11)26-10-22-9-23-26)16-17(12-2-1-3-12)24-25-19(16)27-18(14)21/h4-7,9-10,12,15H,1-3,21H2,(H,24,25). The van der Waals surface area contributed by atoms with E-state index in [1.165, 1.54) is 12.7 Å². The second kappa shape index (κ2) is 5.99. The van der Waals surface area contributed by atoms with E-state index < -0.39 is 0 Å². The van der Waals surface area contributed by atoms with Crippen molar-refractivity contribution in [1.29, 1.82) is 5.26 Å². The molecule has 134 valence electrons. The van der Waals surface area contributed by atoms with Crippen LogP contribution in [0.2, 0.25) is 0 Å². The van der Waals surface area contributed by atoms with E-state index in [1.54, 1.807) is 11.0 Å². The number of nitrogens with zero attached hydrogens (tertiary/aromatic N) is 5. The molecule has 8 nitrogen and oxygen atoms in total. The largest absolute Gasteiger partial charge is 0.420 e. The molecule has 8 heteroatoms. The smallest absolute Gasteiger partial charge is 0.244 e. The molecular formula is C19H17N7O. The Morgan fingerprint density at radius 3 is 2.70 bits per heavy atom. The Morgan fingerprint density at radius 2 is 2.07 bits per heavy atom. The Hall–Kier alpha value is -3.60. The molecule has 27 heavy (non-hydrogen) atoms. The molecule has 1 fully saturated rings. The van der Waals surface area contributed by atoms with Crippen molar-refractivity contribution in [3.05, 3.63) is 65.2 Å². The number of nitrogens with two attached hydrogens (primary N) is 1. The highest BCUT2D eigenvalue weighted by molar-refractivity contribution is 5.56. The number of aromatic amines is 1. The average molecular weight is 359 g/mol. The van der Waals surface area contributed by atoms with Gasteiger partial charge in [-0.3, -0.25) is 5.10 Å². The maximum Gasteiger partial charge on any atom is 0.244 e. The van der Waals surface area contributed by atoms with Crippen LogP contribution >= 0.6 is 0 Å². The molecule has 1 saturated carbocycles. The van der Waals surface area contributed by atoms with Gasteiger partial charge < -0.3 is 10.5 Å². The number of aromatic nitrogens is 5. The molecular weight excluding hydrogens is 342 g/mol. The van der Waals surface area contributed by atoms with E-state index in [4.69, 9.17) is 10.5 Å². The van der Waals surface area contributed by atoms with Crippen LogP contribution in [-0.4, -0.2) is 25.0 Å². The molecule has 3 heterocycles. The molecule has 3 N–H and O–H groups in total. The van der Waals surface area contributed by atoms with Crippen LogP contribution in [0.3, 0.4) is 0 Å². The number of nitrogens with one attached hydrogen (secondary N) is 1. The van der Waals surface area contributed by atoms with E-state index in [0.29, 0.717) is 17.4 Å². The lowest BCUT2D eigenvalue weighted by molar-refractivity contribution is 0.376. The second-order valence-corrected chi connectivity index (χ2v) is 6.84. The first-order valence-electron chi connectivity index (χ1n) is 8.87. The van der Waals surface area contributed by atoms with E-state index in [0.717, 1.165) is 35.3 Å². The molecule has 1 unspecified atom stereocenters. The van der Waals surface area contributed by atoms with Gasteiger partial charge in [-0.1, -0.05) is 18.6 Å². The molecule has 2 aliphatic rings. The van der Waals surface area contributed by atoms with Crippen LogP contribution < -0.4 is 10.5 Å². The van der Waals surface area contributed by atoms with Crippen LogP contribution in [0.1, 0.15) is 47.9 Å². The molecule has 0 radical (unpaired) electrons. The normalized spacial score (nSPS) is 19.1. The van der Waals surface area contributed by atoms with Gasteiger partial charge in [0.15, 0.2) is 0 Å². The summed E-state index contributed by atoms with van der Waals surface area (Å²) in [5.74, 6) is 0.722. The fourth-order valence-corrected chi connectivity index (χ4v) is 3.77. The molecule has 3 aromatic rings. The molecule has 0 spiro atoms. The van der Waals surface area contributed by atoms with Crippen LogP contribution in [0, 0.1) is 11.3 Å². The summed E-state index contributed by atoms with van der Waals surface area (Å²) in [6, 6.07) is 10.1. The third-order valence-electron chi connectivity index (χ3n) is 5.39. The van der Waals surface area contributed by atoms with Crippen molar-refractivity contribution in [2.45, 2.75) is 31.1 Å². The van der Waals surface area contributed by atoms with E-state index in [9.17, 15) is 5.26 Å². The SMILES string of the molecule is N#CC1=C(N)Oc2n[nH]c(C3CCC3)c2C1c1ccc(-n2cncn2)cc1. The summed E-state index contributed by atoms with van der Waals surface area (Å²) in [6.07, 6.45) is 6.58. The van der Waals surface area contributed by atoms with Gasteiger partial charge in [-0.2, -0.15) is 10.4 Å². The minimum atomic E-state index is -0.294. The summed E-state index contributed by atoms with van der Waals surface area (Å²) in [4.78, 5) is 3.97. The summed E-state index contributed by atoms with van der Waals surface area (Å²) < 4.78 is 7.33. The number of hydrogen-bond donors (Lipinski definition) is 2. The Bertz CT molecular complexity index is 1050. The summed E-state index contributed by atoms with van der Waals surface area (Å²) in [5, 5.41) is 21.3. The van der Waals surface area contributed by atoms with Crippen LogP contribution in [0.25, 0.3) is 5.69 Å². The number of hydrogen-bond acceptors (Lipinski definition) is 6. The molecule has 5 rings (SSSR count). The Morgan fingerprint density at radius 1 is 1.26 bits per heavy atom. The number of ether oxygens (including phenoxy) is 1. The quantitative estimate of drug-likeness (QED) is 0.741. The van der Waals surface area contributed by atoms with Gasteiger partial charge in [-0.05, 0) is 30.5 Å². The second-order valence-electron chi connectivity index (χ2n) is 6.84. The van der Waals surface area contributed by atoms with Crippen LogP contribution in [0.4, 0.5) is 0 Å². The third kappa shape index (κ3) is 2.39. The number of allylic oxidation sites excluding steroid dienone is 1. The zero-order chi connectivity index (χ0) is 18.4. The van der Waals surface area contributed by atoms with Gasteiger partial charge in [0.25, 0.3) is 0 Å². The van der Waals surface area contributed by atoms with Gasteiger partial charge in [0.05, 0.1) is 17.2 Å². The van der Waals surface area contributed by atoms with Crippen molar-refractivity contribution in [2.24, 2.45) is 5.73 Å². The summed E-state index contributed by atoms with van der Waals surface area (Å²) in [6.45, 7) is 0. The Kier molecular flexibility index (Phi) is 3.47. The van der Waals surface area contributed by atoms with E-state index in [-0.39, 0.29) is 11.8 Å². The Labute approximate surface area is 155 Å². The van der Waals surface area contributed by atoms with Gasteiger partial charge in [-0.15, -0.1) is 5.10 Å². The van der Waals surface area contributed by atoms with Crippen molar-refractivity contribution in [3.63, 3.8) is 0 Å². The lowest BCUT2D eigenvalue weighted by Crippen LogP contribution is -2.22. The lowest BCUT2D eigenvalue weighted by atomic mass is 9.76. The zero-order valence-electron chi connectivity index (χ0n) is 14.5. The molecule has 1 aliphatic carbocycles. The van der Waals surface area contributed by atoms with E-state index in [2.05, 4.69) is 26.3 Å². The Balaban J connectivity index is 1.61. The predicted octanol–water partition coefficient (Wildman–Crippen LogP) is 2.48. The minimum absolute atomic E-state index is 0.113. The van der Waals surface area contributed by atoms with Gasteiger partial charge in [0.1, 0.15) is 24.3 Å². The highest BCUT2D eigenvalue weighted by Crippen LogP contribution is 2.48. The first kappa shape index (κ1) is 15.6. The molecule has 1 aromatic carbocycles. The predicted molar refractivity (Wildman–Crippen MR) is 95.8 cm³/mol. The number of H-pyrrole nitrogens is 1. The fourth-order valence-electron chi connectivity index (χ4n) is 3.77. The maximum absolute atomic E-state index is 9.74. The molecule has 0 amide bonds. The van der Waals surface area contributed by atoms with Crippen LogP contribution in [0.5, 0.6) is 5.88 Å². The number of nitriles is 1. The van der Waals surface area contributed by atoms with Gasteiger partial charge in [-0.25, -0.2) is 9.67 Å². The molecule has 2 aromatic heterocycles. The number of rotatable bonds is 3. The van der Waals surface area contributed by atoms with Gasteiger partial charge in [0, 0.05) is 11.6 Å². The van der Waals surface area contributed by atoms with Gasteiger partial charge >= 0.3 is 0 Å². The number of fused-ring (bicyclic) bond motifs is 1. The van der Waals surface area contributed by atoms with E-state index >= 15 is 0 Å². The first-order valence-corrected chi connectivity index (χ1v) is 8.87. The highest BCUT2D eigenvalue weighted by atomic mass is 16.5. The number of benzene rings is 1. The van der Waals surface area contributed by atoms with Crippen LogP contribution in [0.15, 0.2) is 48.4 Å². The molecule has 0 bridgehead atoms. The third-order valence-corrected chi connectivity index (χ3v) is 5.39. The lowest BCUT2D eigenvalue weighted by Gasteiger charge is -2.29. The fraction of sp³-hybridized carbons (Fsp3) is 0.263. The van der Waals surface area contributed by atoms with Crippen LogP contribution in [-0.2, 0) is 0 Å². The van der Waals surface area contributed by atoms with Crippen molar-refractivity contribution in [2.75, 3.05) is 0 Å². The van der Waals surface area contributed by atoms with Gasteiger partial charge in [0.2, 0.25) is 11.8 Å². The van der Waals surface area contributed by atoms with Crippen molar-refractivity contribution in [1.82, 2.24) is 25.0 Å². The minimum Gasteiger partial charge on any atom is -0.420 e. The highest BCUT2D eigenvalue weighted by Gasteiger charge is 2.38. The topological polar surface area (TPSA) is 118 Å². The van der Waals surface area contributed by atoms with E-state index in [1.807, 2.05) is 24.3 Å². The zero-order valence-corrected chi connectivity index (χ0v) is 14.5. The maximum atomic E-state index is 9.74. The molecule has 1 aliphatic heterocycles. The van der Waals surface area contributed by atoms with Crippen molar-refractivity contribution >= 4 is 0 Å². The molecule has 1 atom stereocenters. The first-order chi connectivity index (χ1) is 13.3. The monoisotopic (exact) mass is 359 g/mol. The summed E-state index contributed by atoms with van der Waals surface area (Å²) in [7, 11) is 0.